The van der Waals surface area contributed by atoms with Gasteiger partial charge in [-0.3, -0.25) is 24.3 Å². The van der Waals surface area contributed by atoms with Gasteiger partial charge in [-0.25, -0.2) is 0 Å². The van der Waals surface area contributed by atoms with E-state index in [1.54, 1.807) is 39.8 Å². The molecule has 5 heterocycles. The number of likely N-dealkylation sites (N-methyl/N-ethyl adjacent to an activating group) is 1. The Bertz CT molecular complexity index is 2170. The largest absolute Gasteiger partial charge is 0.507 e. The molecular weight excluding hydrogens is 789 g/mol. The number of nitrogens with zero attached hydrogens (tertiary/aromatic N) is 3. The fourth-order valence-electron chi connectivity index (χ4n) is 9.20. The molecule has 2 fully saturated rings. The Morgan fingerprint density at radius 3 is 2.23 bits per heavy atom. The number of hydrogen-bond acceptors (Lipinski definition) is 15. The third-order valence-corrected chi connectivity index (χ3v) is 13.2. The first-order valence-corrected chi connectivity index (χ1v) is 20.8. The van der Waals surface area contributed by atoms with Crippen LogP contribution in [0.15, 0.2) is 41.2 Å². The summed E-state index contributed by atoms with van der Waals surface area (Å²) in [6.45, 7) is 13.8. The lowest BCUT2D eigenvalue weighted by Crippen LogP contribution is -2.49. The Kier molecular flexibility index (Phi) is 13.1. The van der Waals surface area contributed by atoms with Gasteiger partial charge in [-0.1, -0.05) is 45.9 Å². The Morgan fingerprint density at radius 2 is 1.61 bits per heavy atom. The van der Waals surface area contributed by atoms with Crippen molar-refractivity contribution in [3.63, 3.8) is 0 Å². The lowest BCUT2D eigenvalue weighted by molar-refractivity contribution is -0.160. The lowest BCUT2D eigenvalue weighted by atomic mass is 9.78. The predicted molar refractivity (Wildman–Crippen MR) is 228 cm³/mol. The number of esters is 1. The van der Waals surface area contributed by atoms with Crippen LogP contribution in [0.25, 0.3) is 10.8 Å². The quantitative estimate of drug-likeness (QED) is 0.105. The Morgan fingerprint density at radius 1 is 0.951 bits per heavy atom. The molecule has 7 rings (SSSR count). The van der Waals surface area contributed by atoms with E-state index in [9.17, 15) is 39.9 Å². The molecule has 61 heavy (non-hydrogen) atoms. The van der Waals surface area contributed by atoms with Crippen LogP contribution in [-0.2, 0) is 23.8 Å². The van der Waals surface area contributed by atoms with Crippen molar-refractivity contribution in [1.82, 2.24) is 9.91 Å². The number of aromatic hydroxyl groups is 3. The predicted octanol–water partition coefficient (Wildman–Crippen LogP) is 4.87. The molecule has 0 spiro atoms. The van der Waals surface area contributed by atoms with E-state index in [1.165, 1.54) is 59.4 Å². The van der Waals surface area contributed by atoms with Gasteiger partial charge in [0.1, 0.15) is 23.4 Å². The minimum atomic E-state index is -2.04. The van der Waals surface area contributed by atoms with Crippen LogP contribution < -0.4 is 10.1 Å². The number of allylic oxidation sites excluding steroid dienone is 2. The number of anilines is 1. The van der Waals surface area contributed by atoms with Crippen LogP contribution in [0.5, 0.6) is 23.0 Å². The van der Waals surface area contributed by atoms with Crippen LogP contribution in [0.2, 0.25) is 0 Å². The molecule has 5 aliphatic heterocycles. The molecule has 16 heteroatoms. The summed E-state index contributed by atoms with van der Waals surface area (Å²) in [6, 6.07) is 0.556. The molecule has 7 bridgehead atoms. The Labute approximate surface area is 356 Å². The monoisotopic (exact) mass is 848 g/mol. The zero-order chi connectivity index (χ0) is 44.8. The molecule has 2 aromatic rings. The molecule has 0 aliphatic carbocycles. The average molecular weight is 849 g/mol. The van der Waals surface area contributed by atoms with Crippen molar-refractivity contribution in [1.29, 1.82) is 0 Å². The van der Waals surface area contributed by atoms with Gasteiger partial charge in [-0.05, 0) is 39.8 Å². The number of carbonyl (C=O) groups is 3. The second kappa shape index (κ2) is 17.7. The van der Waals surface area contributed by atoms with E-state index in [0.717, 1.165) is 12.8 Å². The number of hydrazone groups is 1. The second-order valence-electron chi connectivity index (χ2n) is 17.3. The van der Waals surface area contributed by atoms with Gasteiger partial charge in [0.25, 0.3) is 11.7 Å². The first-order valence-electron chi connectivity index (χ1n) is 20.8. The second-order valence-corrected chi connectivity index (χ2v) is 17.3. The molecule has 0 aromatic heterocycles. The minimum Gasteiger partial charge on any atom is -0.507 e. The maximum absolute atomic E-state index is 14.5. The highest BCUT2D eigenvalue weighted by molar-refractivity contribution is 6.23. The summed E-state index contributed by atoms with van der Waals surface area (Å²) in [4.78, 5) is 43.0. The van der Waals surface area contributed by atoms with E-state index in [2.05, 4.69) is 17.3 Å². The molecule has 1 amide bonds. The van der Waals surface area contributed by atoms with Crippen LogP contribution in [0.3, 0.4) is 0 Å². The molecular formula is C45H60N4O12. The summed E-state index contributed by atoms with van der Waals surface area (Å²) >= 11 is 0. The summed E-state index contributed by atoms with van der Waals surface area (Å²) in [5, 5.41) is 67.5. The van der Waals surface area contributed by atoms with E-state index in [-0.39, 0.29) is 56.6 Å². The normalized spacial score (nSPS) is 32.7. The summed E-state index contributed by atoms with van der Waals surface area (Å²) in [7, 11) is 3.52. The number of hydrogen-bond donors (Lipinski definition) is 6. The van der Waals surface area contributed by atoms with Gasteiger partial charge in [-0.2, -0.15) is 5.10 Å². The number of piperazine rings is 1. The number of benzene rings is 2. The molecule has 0 saturated carbocycles. The topological polar surface area (TPSA) is 220 Å². The van der Waals surface area contributed by atoms with E-state index in [4.69, 9.17) is 24.0 Å². The summed E-state index contributed by atoms with van der Waals surface area (Å²) in [5.41, 5.74) is -0.303. The number of methoxy groups -OCH3 is 1. The van der Waals surface area contributed by atoms with Crippen LogP contribution in [0.1, 0.15) is 82.8 Å². The molecule has 11 atom stereocenters. The van der Waals surface area contributed by atoms with E-state index in [0.29, 0.717) is 13.1 Å². The molecule has 332 valence electrons. The van der Waals surface area contributed by atoms with E-state index >= 15 is 0 Å². The number of ketones is 1. The third-order valence-electron chi connectivity index (χ3n) is 13.2. The van der Waals surface area contributed by atoms with Gasteiger partial charge in [0, 0.05) is 73.2 Å². The van der Waals surface area contributed by atoms with Gasteiger partial charge >= 0.3 is 11.8 Å². The number of aliphatic hydroxyl groups excluding tert-OH is 2. The van der Waals surface area contributed by atoms with Crippen molar-refractivity contribution in [2.24, 2.45) is 28.8 Å². The number of phenols is 3. The number of amides is 1. The van der Waals surface area contributed by atoms with E-state index in [1.807, 2.05) is 5.01 Å². The van der Waals surface area contributed by atoms with Crippen LogP contribution in [0, 0.1) is 30.6 Å². The van der Waals surface area contributed by atoms with E-state index < -0.39 is 88.8 Å². The highest BCUT2D eigenvalue weighted by atomic mass is 16.7. The van der Waals surface area contributed by atoms with Gasteiger partial charge in [0.2, 0.25) is 0 Å². The first-order chi connectivity index (χ1) is 28.7. The van der Waals surface area contributed by atoms with Gasteiger partial charge in [-0.15, -0.1) is 0 Å². The van der Waals surface area contributed by atoms with Crippen molar-refractivity contribution in [3.8, 4) is 23.0 Å². The van der Waals surface area contributed by atoms with Gasteiger partial charge < -0.3 is 49.8 Å². The maximum Gasteiger partial charge on any atom is 0.312 e. The van der Waals surface area contributed by atoms with Crippen LogP contribution in [-0.4, -0.2) is 129 Å². The number of fused-ring (bicyclic) bond motifs is 16. The summed E-state index contributed by atoms with van der Waals surface area (Å²) < 4.78 is 23.7. The van der Waals surface area contributed by atoms with Crippen molar-refractivity contribution < 1.29 is 58.9 Å². The van der Waals surface area contributed by atoms with Gasteiger partial charge in [0.05, 0.1) is 66.1 Å². The van der Waals surface area contributed by atoms with Crippen molar-refractivity contribution in [3.05, 3.63) is 52.8 Å². The third kappa shape index (κ3) is 8.42. The lowest BCUT2D eigenvalue weighted by Gasteiger charge is -2.38. The number of ether oxygens (including phenoxy) is 4. The Balaban J connectivity index is 1.51. The molecule has 11 unspecified atom stereocenters. The summed E-state index contributed by atoms with van der Waals surface area (Å²) in [5.74, 6) is -8.29. The average Bonchev–Trinajstić information content (AvgIpc) is 3.58. The fraction of sp³-hybridized carbons (Fsp3) is 0.556. The molecule has 6 N–H and O–H groups in total. The standard InChI is InChI=1S/C45H60N4O12/c1-21-12-11-13-22(2)44(57)47-35-30(18-46-49-19-28-14-15-29(20-49)48(28)9)39(54)32-33(40(35)55)38(53)26(6)42-34(32)43(56)45(8,61-42)59-17-16-31(58-10)23(3)41(60-27(7)50)25(5)37(52)24(4)36(21)51/h11-13,16-18,21,23-25,28-29,31,36-37,41,51-55H,14-15,19-20H2,1-10H3,(H,47,57). The highest BCUT2D eigenvalue weighted by Crippen LogP contribution is 2.55. The molecule has 0 radical (unpaired) electrons. The Hall–Kier alpha value is -5.16. The molecule has 16 nitrogen and oxygen atoms in total. The number of carbonyl (C=O) groups excluding carboxylic acids is 3. The molecule has 2 saturated heterocycles. The van der Waals surface area contributed by atoms with Crippen molar-refractivity contribution in [2.45, 2.75) is 111 Å². The van der Waals surface area contributed by atoms with Crippen LogP contribution >= 0.6 is 0 Å². The first kappa shape index (κ1) is 45.4. The smallest absolute Gasteiger partial charge is 0.312 e. The van der Waals surface area contributed by atoms with Crippen molar-refractivity contribution in [2.75, 3.05) is 32.6 Å². The number of rotatable bonds is 4. The highest BCUT2D eigenvalue weighted by Gasteiger charge is 2.50. The van der Waals surface area contributed by atoms with Crippen LogP contribution in [0.4, 0.5) is 5.69 Å². The molecule has 5 aliphatic rings. The molecule has 2 aromatic carbocycles. The van der Waals surface area contributed by atoms with Gasteiger partial charge in [0.15, 0.2) is 5.75 Å². The zero-order valence-corrected chi connectivity index (χ0v) is 36.5. The number of Topliss-reactive ketones (excluding diaryl/α,β-unsaturated/α-hetero) is 1. The number of aliphatic hydroxyl groups is 2. The number of nitrogens with one attached hydrogen (secondary N) is 1. The SMILES string of the molecule is COC1C=COC2(C)Oc3c(C)c(O)c4c(O)c(c(C=NN5CC6CCC(C5)N6C)c(O)c4c3C2=O)NC(=O)C(C)=CC=CC(C)C(O)C(C)C(O)C(C)C(OC(C)=O)C1C. The van der Waals surface area contributed by atoms with Crippen molar-refractivity contribution >= 4 is 40.3 Å². The zero-order valence-electron chi connectivity index (χ0n) is 36.5. The summed E-state index contributed by atoms with van der Waals surface area (Å²) in [6.07, 6.45) is 6.96. The fourth-order valence-corrected chi connectivity index (χ4v) is 9.20. The minimum absolute atomic E-state index is 0.0610. The maximum atomic E-state index is 14.5. The number of phenolic OH excluding ortho intramolecular Hbond substituents is 3.